The van der Waals surface area contributed by atoms with Crippen LogP contribution in [0.15, 0.2) is 47.4 Å². The summed E-state index contributed by atoms with van der Waals surface area (Å²) in [5.74, 6) is -0.847. The first-order chi connectivity index (χ1) is 10.1. The maximum absolute atomic E-state index is 13.2. The Kier molecular flexibility index (Phi) is 5.76. The summed E-state index contributed by atoms with van der Waals surface area (Å²) in [5, 5.41) is 3.26. The summed E-state index contributed by atoms with van der Waals surface area (Å²) >= 11 is 1.51. The van der Waals surface area contributed by atoms with E-state index in [1.165, 1.54) is 35.0 Å². The summed E-state index contributed by atoms with van der Waals surface area (Å²) in [6, 6.07) is 12.7. The lowest BCUT2D eigenvalue weighted by Crippen LogP contribution is -2.18. The minimum atomic E-state index is -0.806. The molecule has 0 aliphatic rings. The third kappa shape index (κ3) is 4.29. The van der Waals surface area contributed by atoms with Gasteiger partial charge >= 0.3 is 0 Å². The van der Waals surface area contributed by atoms with Crippen LogP contribution in [0.3, 0.4) is 0 Å². The standard InChI is InChI=1S/C17H19F2NS/c1-3-12-4-6-13(7-5-12)17(20-2)11-21-14-8-9-15(18)16(19)10-14/h4-10,17,20H,3,11H2,1-2H3. The van der Waals surface area contributed by atoms with E-state index >= 15 is 0 Å². The van der Waals surface area contributed by atoms with Gasteiger partial charge in [-0.1, -0.05) is 31.2 Å². The number of hydrogen-bond donors (Lipinski definition) is 1. The summed E-state index contributed by atoms with van der Waals surface area (Å²) in [4.78, 5) is 0.735. The monoisotopic (exact) mass is 307 g/mol. The van der Waals surface area contributed by atoms with Crippen LogP contribution >= 0.6 is 11.8 Å². The lowest BCUT2D eigenvalue weighted by atomic mass is 10.1. The molecule has 4 heteroatoms. The van der Waals surface area contributed by atoms with Crippen LogP contribution in [-0.2, 0) is 6.42 Å². The quantitative estimate of drug-likeness (QED) is 0.784. The van der Waals surface area contributed by atoms with Crippen LogP contribution in [0.25, 0.3) is 0 Å². The maximum Gasteiger partial charge on any atom is 0.159 e. The molecule has 2 aromatic rings. The van der Waals surface area contributed by atoms with E-state index in [1.807, 2.05) is 7.05 Å². The molecule has 0 saturated carbocycles. The molecule has 21 heavy (non-hydrogen) atoms. The van der Waals surface area contributed by atoms with Crippen molar-refractivity contribution in [3.63, 3.8) is 0 Å². The van der Waals surface area contributed by atoms with Gasteiger partial charge in [-0.3, -0.25) is 0 Å². The second-order valence-corrected chi connectivity index (χ2v) is 5.92. The van der Waals surface area contributed by atoms with Gasteiger partial charge in [-0.15, -0.1) is 11.8 Å². The van der Waals surface area contributed by atoms with Gasteiger partial charge in [0, 0.05) is 16.7 Å². The maximum atomic E-state index is 13.2. The predicted molar refractivity (Wildman–Crippen MR) is 84.7 cm³/mol. The highest BCUT2D eigenvalue weighted by Crippen LogP contribution is 2.26. The Morgan fingerprint density at radius 1 is 1.05 bits per heavy atom. The molecule has 2 aromatic carbocycles. The van der Waals surface area contributed by atoms with Gasteiger partial charge in [0.15, 0.2) is 11.6 Å². The first-order valence-electron chi connectivity index (χ1n) is 6.98. The number of hydrogen-bond acceptors (Lipinski definition) is 2. The van der Waals surface area contributed by atoms with Crippen LogP contribution in [0.1, 0.15) is 24.1 Å². The van der Waals surface area contributed by atoms with Gasteiger partial charge in [-0.25, -0.2) is 8.78 Å². The van der Waals surface area contributed by atoms with Crippen molar-refractivity contribution < 1.29 is 8.78 Å². The minimum Gasteiger partial charge on any atom is -0.312 e. The van der Waals surface area contributed by atoms with Crippen LogP contribution in [-0.4, -0.2) is 12.8 Å². The molecule has 1 atom stereocenters. The molecule has 0 heterocycles. The largest absolute Gasteiger partial charge is 0.312 e. The second kappa shape index (κ2) is 7.57. The number of thioether (sulfide) groups is 1. The van der Waals surface area contributed by atoms with Crippen molar-refractivity contribution in [2.24, 2.45) is 0 Å². The van der Waals surface area contributed by atoms with Gasteiger partial charge in [-0.2, -0.15) is 0 Å². The van der Waals surface area contributed by atoms with Crippen molar-refractivity contribution >= 4 is 11.8 Å². The Hall–Kier alpha value is -1.39. The predicted octanol–water partition coefficient (Wildman–Crippen LogP) is 4.58. The SMILES string of the molecule is CCc1ccc(C(CSc2ccc(F)c(F)c2)NC)cc1. The number of aryl methyl sites for hydroxylation is 1. The molecule has 0 fully saturated rings. The summed E-state index contributed by atoms with van der Waals surface area (Å²) in [7, 11) is 1.91. The highest BCUT2D eigenvalue weighted by Gasteiger charge is 2.11. The Morgan fingerprint density at radius 2 is 1.76 bits per heavy atom. The molecular weight excluding hydrogens is 288 g/mol. The number of nitrogens with one attached hydrogen (secondary N) is 1. The van der Waals surface area contributed by atoms with E-state index in [1.54, 1.807) is 6.07 Å². The van der Waals surface area contributed by atoms with Gasteiger partial charge in [0.2, 0.25) is 0 Å². The second-order valence-electron chi connectivity index (χ2n) is 4.82. The Morgan fingerprint density at radius 3 is 2.33 bits per heavy atom. The van der Waals surface area contributed by atoms with Crippen LogP contribution < -0.4 is 5.32 Å². The Balaban J connectivity index is 2.02. The highest BCUT2D eigenvalue weighted by molar-refractivity contribution is 7.99. The van der Waals surface area contributed by atoms with Crippen molar-refractivity contribution in [3.8, 4) is 0 Å². The average molecular weight is 307 g/mol. The molecule has 0 aliphatic heterocycles. The van der Waals surface area contributed by atoms with E-state index in [2.05, 4.69) is 36.5 Å². The van der Waals surface area contributed by atoms with Crippen LogP contribution in [0.5, 0.6) is 0 Å². The van der Waals surface area contributed by atoms with Gasteiger partial charge in [0.1, 0.15) is 0 Å². The molecule has 1 unspecified atom stereocenters. The molecule has 0 saturated heterocycles. The topological polar surface area (TPSA) is 12.0 Å². The Labute approximate surface area is 128 Å². The zero-order valence-electron chi connectivity index (χ0n) is 12.2. The molecule has 0 radical (unpaired) electrons. The molecular formula is C17H19F2NS. The molecule has 112 valence electrons. The molecule has 1 N–H and O–H groups in total. The van der Waals surface area contributed by atoms with Crippen molar-refractivity contribution in [1.82, 2.24) is 5.32 Å². The fraction of sp³-hybridized carbons (Fsp3) is 0.294. The van der Waals surface area contributed by atoms with Crippen LogP contribution in [0.2, 0.25) is 0 Å². The van der Waals surface area contributed by atoms with Crippen LogP contribution in [0.4, 0.5) is 8.78 Å². The van der Waals surface area contributed by atoms with Crippen molar-refractivity contribution in [2.45, 2.75) is 24.3 Å². The van der Waals surface area contributed by atoms with Crippen molar-refractivity contribution in [3.05, 3.63) is 65.2 Å². The molecule has 0 spiro atoms. The Bertz CT molecular complexity index is 584. The van der Waals surface area contributed by atoms with Gasteiger partial charge in [-0.05, 0) is 42.8 Å². The highest BCUT2D eigenvalue weighted by atomic mass is 32.2. The first-order valence-corrected chi connectivity index (χ1v) is 7.96. The van der Waals surface area contributed by atoms with Crippen molar-refractivity contribution in [1.29, 1.82) is 0 Å². The van der Waals surface area contributed by atoms with Gasteiger partial charge in [0.05, 0.1) is 0 Å². The van der Waals surface area contributed by atoms with E-state index in [0.29, 0.717) is 0 Å². The molecule has 0 bridgehead atoms. The first kappa shape index (κ1) is 16.0. The third-order valence-corrected chi connectivity index (χ3v) is 4.53. The molecule has 2 rings (SSSR count). The van der Waals surface area contributed by atoms with Crippen molar-refractivity contribution in [2.75, 3.05) is 12.8 Å². The minimum absolute atomic E-state index is 0.175. The number of halogens is 2. The van der Waals surface area contributed by atoms with E-state index < -0.39 is 11.6 Å². The molecule has 0 aromatic heterocycles. The van der Waals surface area contributed by atoms with Crippen LogP contribution in [0, 0.1) is 11.6 Å². The molecule has 0 aliphatic carbocycles. The van der Waals surface area contributed by atoms with Gasteiger partial charge in [0.25, 0.3) is 0 Å². The lowest BCUT2D eigenvalue weighted by Gasteiger charge is -2.16. The zero-order chi connectivity index (χ0) is 15.2. The molecule has 0 amide bonds. The van der Waals surface area contributed by atoms with E-state index in [4.69, 9.17) is 0 Å². The van der Waals surface area contributed by atoms with E-state index in [9.17, 15) is 8.78 Å². The average Bonchev–Trinajstić information content (AvgIpc) is 2.52. The van der Waals surface area contributed by atoms with E-state index in [-0.39, 0.29) is 6.04 Å². The third-order valence-electron chi connectivity index (χ3n) is 3.45. The van der Waals surface area contributed by atoms with E-state index in [0.717, 1.165) is 17.1 Å². The fourth-order valence-electron chi connectivity index (χ4n) is 2.08. The number of benzene rings is 2. The molecule has 1 nitrogen and oxygen atoms in total. The zero-order valence-corrected chi connectivity index (χ0v) is 13.0. The summed E-state index contributed by atoms with van der Waals surface area (Å²) in [6.07, 6.45) is 1.02. The fourth-order valence-corrected chi connectivity index (χ4v) is 3.15. The summed E-state index contributed by atoms with van der Waals surface area (Å²) in [5.41, 5.74) is 2.51. The normalized spacial score (nSPS) is 12.4. The summed E-state index contributed by atoms with van der Waals surface area (Å²) < 4.78 is 26.1. The number of rotatable bonds is 6. The summed E-state index contributed by atoms with van der Waals surface area (Å²) in [6.45, 7) is 2.13. The smallest absolute Gasteiger partial charge is 0.159 e. The lowest BCUT2D eigenvalue weighted by molar-refractivity contribution is 0.506. The van der Waals surface area contributed by atoms with Gasteiger partial charge < -0.3 is 5.32 Å².